The van der Waals surface area contributed by atoms with Gasteiger partial charge in [-0.3, -0.25) is 4.98 Å². The Morgan fingerprint density at radius 3 is 2.54 bits per heavy atom. The van der Waals surface area contributed by atoms with E-state index in [9.17, 15) is 13.2 Å². The molecule has 0 saturated carbocycles. The van der Waals surface area contributed by atoms with Gasteiger partial charge in [0, 0.05) is 40.9 Å². The molecule has 5 nitrogen and oxygen atoms in total. The second-order valence-electron chi connectivity index (χ2n) is 6.77. The summed E-state index contributed by atoms with van der Waals surface area (Å²) in [6, 6.07) is 8.55. The van der Waals surface area contributed by atoms with Gasteiger partial charge < -0.3 is 11.1 Å². The van der Waals surface area contributed by atoms with Gasteiger partial charge >= 0.3 is 6.18 Å². The van der Waals surface area contributed by atoms with Gasteiger partial charge in [-0.15, -0.1) is 0 Å². The summed E-state index contributed by atoms with van der Waals surface area (Å²) in [6.07, 6.45) is 1.16. The Balaban J connectivity index is 1.72. The Bertz CT molecular complexity index is 972. The molecule has 2 aromatic heterocycles. The Morgan fingerprint density at radius 1 is 1.07 bits per heavy atom. The van der Waals surface area contributed by atoms with Gasteiger partial charge in [0.15, 0.2) is 5.82 Å². The van der Waals surface area contributed by atoms with Gasteiger partial charge in [0.1, 0.15) is 5.82 Å². The molecular weight excluding hydrogens is 367 g/mol. The highest BCUT2D eigenvalue weighted by Crippen LogP contribution is 2.32. The number of anilines is 2. The molecule has 3 N–H and O–H groups in total. The molecular formula is C20H18F3N5. The van der Waals surface area contributed by atoms with E-state index >= 15 is 0 Å². The fourth-order valence-corrected chi connectivity index (χ4v) is 3.24. The number of fused-ring (bicyclic) bond motifs is 1. The SMILES string of the molecule is N[C@H]1CCc2nc(-c3cccnc3)nc(Nc3ccc(C(F)(F)F)cc3)c2C1. The topological polar surface area (TPSA) is 76.7 Å². The van der Waals surface area contributed by atoms with Crippen molar-refractivity contribution in [1.82, 2.24) is 15.0 Å². The Kier molecular flexibility index (Phi) is 4.72. The van der Waals surface area contributed by atoms with E-state index in [2.05, 4.69) is 20.3 Å². The van der Waals surface area contributed by atoms with Crippen LogP contribution in [0.5, 0.6) is 0 Å². The van der Waals surface area contributed by atoms with E-state index in [1.807, 2.05) is 6.07 Å². The molecule has 0 spiro atoms. The maximum atomic E-state index is 12.8. The number of rotatable bonds is 3. The monoisotopic (exact) mass is 385 g/mol. The van der Waals surface area contributed by atoms with Crippen LogP contribution in [0.2, 0.25) is 0 Å². The molecule has 0 saturated heterocycles. The van der Waals surface area contributed by atoms with E-state index in [1.54, 1.807) is 18.5 Å². The van der Waals surface area contributed by atoms with Crippen molar-refractivity contribution >= 4 is 11.5 Å². The number of pyridine rings is 1. The van der Waals surface area contributed by atoms with Crippen LogP contribution < -0.4 is 11.1 Å². The van der Waals surface area contributed by atoms with Crippen molar-refractivity contribution < 1.29 is 13.2 Å². The van der Waals surface area contributed by atoms with Gasteiger partial charge in [-0.05, 0) is 55.7 Å². The fourth-order valence-electron chi connectivity index (χ4n) is 3.24. The van der Waals surface area contributed by atoms with Crippen LogP contribution in [0.1, 0.15) is 23.2 Å². The van der Waals surface area contributed by atoms with Crippen LogP contribution >= 0.6 is 0 Å². The number of benzene rings is 1. The van der Waals surface area contributed by atoms with Gasteiger partial charge in [0.2, 0.25) is 0 Å². The average Bonchev–Trinajstić information content (AvgIpc) is 2.68. The van der Waals surface area contributed by atoms with E-state index < -0.39 is 11.7 Å². The van der Waals surface area contributed by atoms with E-state index in [-0.39, 0.29) is 6.04 Å². The van der Waals surface area contributed by atoms with E-state index in [4.69, 9.17) is 5.73 Å². The van der Waals surface area contributed by atoms with Crippen molar-refractivity contribution in [3.8, 4) is 11.4 Å². The number of nitrogens with one attached hydrogen (secondary N) is 1. The first kappa shape index (κ1) is 18.4. The minimum atomic E-state index is -4.37. The largest absolute Gasteiger partial charge is 0.416 e. The number of alkyl halides is 3. The predicted molar refractivity (Wildman–Crippen MR) is 100.0 cm³/mol. The highest BCUT2D eigenvalue weighted by Gasteiger charge is 2.30. The summed E-state index contributed by atoms with van der Waals surface area (Å²) < 4.78 is 38.4. The van der Waals surface area contributed by atoms with Crippen LogP contribution in [-0.4, -0.2) is 21.0 Å². The first-order valence-electron chi connectivity index (χ1n) is 8.90. The molecule has 2 heterocycles. The van der Waals surface area contributed by atoms with Gasteiger partial charge in [0.25, 0.3) is 0 Å². The lowest BCUT2D eigenvalue weighted by Crippen LogP contribution is -2.29. The summed E-state index contributed by atoms with van der Waals surface area (Å²) in [6.45, 7) is 0. The second-order valence-corrected chi connectivity index (χ2v) is 6.77. The molecule has 0 radical (unpaired) electrons. The lowest BCUT2D eigenvalue weighted by Gasteiger charge is -2.24. The Labute approximate surface area is 159 Å². The first-order chi connectivity index (χ1) is 13.4. The molecule has 1 aliphatic carbocycles. The summed E-state index contributed by atoms with van der Waals surface area (Å²) in [4.78, 5) is 13.4. The van der Waals surface area contributed by atoms with Crippen LogP contribution in [0.3, 0.4) is 0 Å². The molecule has 0 fully saturated rings. The zero-order valence-corrected chi connectivity index (χ0v) is 14.9. The average molecular weight is 385 g/mol. The van der Waals surface area contributed by atoms with Crippen molar-refractivity contribution in [2.24, 2.45) is 5.73 Å². The van der Waals surface area contributed by atoms with Gasteiger partial charge in [0.05, 0.1) is 5.56 Å². The molecule has 1 atom stereocenters. The zero-order chi connectivity index (χ0) is 19.7. The predicted octanol–water partition coefficient (Wildman–Crippen LogP) is 4.12. The normalized spacial score (nSPS) is 16.5. The summed E-state index contributed by atoms with van der Waals surface area (Å²) in [7, 11) is 0. The van der Waals surface area contributed by atoms with Gasteiger partial charge in [-0.25, -0.2) is 9.97 Å². The van der Waals surface area contributed by atoms with Crippen LogP contribution in [0.4, 0.5) is 24.7 Å². The summed E-state index contributed by atoms with van der Waals surface area (Å²) in [5.41, 5.74) is 8.53. The molecule has 8 heteroatoms. The van der Waals surface area contributed by atoms with Crippen molar-refractivity contribution in [2.75, 3.05) is 5.32 Å². The summed E-state index contributed by atoms with van der Waals surface area (Å²) in [5, 5.41) is 3.15. The Hall–Kier alpha value is -3.00. The number of aryl methyl sites for hydroxylation is 1. The highest BCUT2D eigenvalue weighted by atomic mass is 19.4. The molecule has 28 heavy (non-hydrogen) atoms. The number of nitrogens with zero attached hydrogens (tertiary/aromatic N) is 3. The maximum absolute atomic E-state index is 12.8. The zero-order valence-electron chi connectivity index (χ0n) is 14.9. The van der Waals surface area contributed by atoms with E-state index in [0.717, 1.165) is 41.8 Å². The molecule has 0 bridgehead atoms. The molecule has 1 aliphatic rings. The highest BCUT2D eigenvalue weighted by molar-refractivity contribution is 5.65. The molecule has 3 aromatic rings. The standard InChI is InChI=1S/C20H18F3N5/c21-20(22,23)13-3-6-15(7-4-13)26-19-16-10-14(24)5-8-17(16)27-18(28-19)12-2-1-9-25-11-12/h1-4,6-7,9,11,14H,5,8,10,24H2,(H,26,27,28)/t14-/m0/s1. The third kappa shape index (κ3) is 3.82. The molecule has 144 valence electrons. The van der Waals surface area contributed by atoms with Gasteiger partial charge in [-0.1, -0.05) is 0 Å². The quantitative estimate of drug-likeness (QED) is 0.709. The first-order valence-corrected chi connectivity index (χ1v) is 8.90. The van der Waals surface area contributed by atoms with Crippen molar-refractivity contribution in [3.05, 3.63) is 65.6 Å². The lowest BCUT2D eigenvalue weighted by atomic mass is 9.92. The molecule has 0 unspecified atom stereocenters. The third-order valence-corrected chi connectivity index (χ3v) is 4.71. The van der Waals surface area contributed by atoms with E-state index in [1.165, 1.54) is 12.1 Å². The fraction of sp³-hybridized carbons (Fsp3) is 0.250. The minimum absolute atomic E-state index is 0.00787. The van der Waals surface area contributed by atoms with Crippen molar-refractivity contribution in [2.45, 2.75) is 31.5 Å². The van der Waals surface area contributed by atoms with Gasteiger partial charge in [-0.2, -0.15) is 13.2 Å². The van der Waals surface area contributed by atoms with Crippen LogP contribution in [-0.2, 0) is 19.0 Å². The van der Waals surface area contributed by atoms with Crippen LogP contribution in [0.25, 0.3) is 11.4 Å². The van der Waals surface area contributed by atoms with Crippen molar-refractivity contribution in [3.63, 3.8) is 0 Å². The molecule has 0 aliphatic heterocycles. The van der Waals surface area contributed by atoms with Crippen LogP contribution in [0, 0.1) is 0 Å². The summed E-state index contributed by atoms with van der Waals surface area (Å²) >= 11 is 0. The lowest BCUT2D eigenvalue weighted by molar-refractivity contribution is -0.137. The number of hydrogen-bond acceptors (Lipinski definition) is 5. The smallest absolute Gasteiger partial charge is 0.340 e. The summed E-state index contributed by atoms with van der Waals surface area (Å²) in [5.74, 6) is 1.09. The Morgan fingerprint density at radius 2 is 1.86 bits per heavy atom. The second kappa shape index (κ2) is 7.20. The number of hydrogen-bond donors (Lipinski definition) is 2. The molecule has 1 aromatic carbocycles. The third-order valence-electron chi connectivity index (χ3n) is 4.71. The number of halogens is 3. The molecule has 0 amide bonds. The van der Waals surface area contributed by atoms with Crippen LogP contribution in [0.15, 0.2) is 48.8 Å². The van der Waals surface area contributed by atoms with E-state index in [0.29, 0.717) is 23.8 Å². The number of aromatic nitrogens is 3. The van der Waals surface area contributed by atoms with Crippen molar-refractivity contribution in [1.29, 1.82) is 0 Å². The maximum Gasteiger partial charge on any atom is 0.416 e. The minimum Gasteiger partial charge on any atom is -0.340 e. The molecule has 4 rings (SSSR count). The number of nitrogens with two attached hydrogens (primary N) is 1.